The van der Waals surface area contributed by atoms with Crippen molar-refractivity contribution in [3.8, 4) is 0 Å². The predicted octanol–water partition coefficient (Wildman–Crippen LogP) is 2.21. The van der Waals surface area contributed by atoms with Gasteiger partial charge in [0.25, 0.3) is 0 Å². The molecule has 11 heavy (non-hydrogen) atoms. The van der Waals surface area contributed by atoms with E-state index in [2.05, 4.69) is 0 Å². The van der Waals surface area contributed by atoms with Gasteiger partial charge in [-0.1, -0.05) is 25.0 Å². The first-order valence-corrected chi connectivity index (χ1v) is 4.20. The summed E-state index contributed by atoms with van der Waals surface area (Å²) < 4.78 is 0. The van der Waals surface area contributed by atoms with Crippen molar-refractivity contribution in [2.24, 2.45) is 5.92 Å². The SMILES string of the molecule is O=C(O)C1/C=C/CCCCC1. The lowest BCUT2D eigenvalue weighted by atomic mass is 9.97. The number of hydrogen-bond acceptors (Lipinski definition) is 1. The molecular weight excluding hydrogens is 140 g/mol. The lowest BCUT2D eigenvalue weighted by Gasteiger charge is -2.09. The molecule has 0 amide bonds. The molecule has 0 heterocycles. The molecular formula is C9H14O2. The van der Waals surface area contributed by atoms with Crippen molar-refractivity contribution < 1.29 is 9.90 Å². The van der Waals surface area contributed by atoms with Crippen molar-refractivity contribution >= 4 is 5.97 Å². The predicted molar refractivity (Wildman–Crippen MR) is 43.4 cm³/mol. The van der Waals surface area contributed by atoms with Crippen LogP contribution in [0.15, 0.2) is 12.2 Å². The molecule has 0 aromatic rings. The number of carbonyl (C=O) groups is 1. The third-order valence-corrected chi connectivity index (χ3v) is 2.07. The second-order valence-corrected chi connectivity index (χ2v) is 3.01. The van der Waals surface area contributed by atoms with Gasteiger partial charge in [-0.05, 0) is 19.3 Å². The molecule has 0 aromatic carbocycles. The maximum atomic E-state index is 10.6. The van der Waals surface area contributed by atoms with E-state index >= 15 is 0 Å². The number of hydrogen-bond donors (Lipinski definition) is 1. The van der Waals surface area contributed by atoms with Crippen LogP contribution in [0, 0.1) is 5.92 Å². The van der Waals surface area contributed by atoms with Crippen molar-refractivity contribution in [3.05, 3.63) is 12.2 Å². The highest BCUT2D eigenvalue weighted by molar-refractivity contribution is 5.72. The zero-order chi connectivity index (χ0) is 8.10. The monoisotopic (exact) mass is 154 g/mol. The quantitative estimate of drug-likeness (QED) is 0.588. The van der Waals surface area contributed by atoms with Gasteiger partial charge in [0.1, 0.15) is 0 Å². The van der Waals surface area contributed by atoms with E-state index in [0.717, 1.165) is 19.3 Å². The van der Waals surface area contributed by atoms with Gasteiger partial charge in [-0.25, -0.2) is 0 Å². The summed E-state index contributed by atoms with van der Waals surface area (Å²) in [6.45, 7) is 0. The third kappa shape index (κ3) is 2.74. The smallest absolute Gasteiger partial charge is 0.310 e. The molecule has 62 valence electrons. The minimum absolute atomic E-state index is 0.227. The van der Waals surface area contributed by atoms with Crippen LogP contribution >= 0.6 is 0 Å². The molecule has 1 unspecified atom stereocenters. The Labute approximate surface area is 66.9 Å². The number of aliphatic carboxylic acids is 1. The second-order valence-electron chi connectivity index (χ2n) is 3.01. The van der Waals surface area contributed by atoms with Gasteiger partial charge in [0.15, 0.2) is 0 Å². The van der Waals surface area contributed by atoms with Gasteiger partial charge in [-0.15, -0.1) is 0 Å². The minimum Gasteiger partial charge on any atom is -0.481 e. The van der Waals surface area contributed by atoms with E-state index in [-0.39, 0.29) is 5.92 Å². The number of carboxylic acid groups (broad SMARTS) is 1. The first-order valence-electron chi connectivity index (χ1n) is 4.20. The summed E-state index contributed by atoms with van der Waals surface area (Å²) in [5.74, 6) is -0.904. The van der Waals surface area contributed by atoms with E-state index in [4.69, 9.17) is 5.11 Å². The van der Waals surface area contributed by atoms with Crippen LogP contribution in [0.25, 0.3) is 0 Å². The molecule has 1 aliphatic carbocycles. The van der Waals surface area contributed by atoms with Crippen LogP contribution in [0.4, 0.5) is 0 Å². The number of allylic oxidation sites excluding steroid dienone is 1. The summed E-state index contributed by atoms with van der Waals surface area (Å²) in [5, 5.41) is 8.70. The van der Waals surface area contributed by atoms with E-state index in [1.54, 1.807) is 0 Å². The van der Waals surface area contributed by atoms with Crippen LogP contribution in [0.2, 0.25) is 0 Å². The molecule has 2 heteroatoms. The van der Waals surface area contributed by atoms with Crippen molar-refractivity contribution in [1.82, 2.24) is 0 Å². The summed E-state index contributed by atoms with van der Waals surface area (Å²) in [7, 11) is 0. The Bertz CT molecular complexity index is 161. The highest BCUT2D eigenvalue weighted by atomic mass is 16.4. The van der Waals surface area contributed by atoms with Crippen LogP contribution in [-0.2, 0) is 4.79 Å². The fourth-order valence-corrected chi connectivity index (χ4v) is 1.37. The summed E-state index contributed by atoms with van der Waals surface area (Å²) in [5.41, 5.74) is 0. The average molecular weight is 154 g/mol. The molecule has 1 aliphatic rings. The lowest BCUT2D eigenvalue weighted by Crippen LogP contribution is -2.11. The van der Waals surface area contributed by atoms with E-state index < -0.39 is 5.97 Å². The second kappa shape index (κ2) is 4.16. The Morgan fingerprint density at radius 2 is 2.18 bits per heavy atom. The molecule has 0 aliphatic heterocycles. The van der Waals surface area contributed by atoms with Gasteiger partial charge in [-0.2, -0.15) is 0 Å². The van der Waals surface area contributed by atoms with Gasteiger partial charge >= 0.3 is 5.97 Å². The molecule has 0 saturated carbocycles. The van der Waals surface area contributed by atoms with E-state index in [0.29, 0.717) is 0 Å². The molecule has 0 radical (unpaired) electrons. The summed E-state index contributed by atoms with van der Waals surface area (Å²) in [6.07, 6.45) is 9.13. The van der Waals surface area contributed by atoms with Crippen LogP contribution in [0.1, 0.15) is 32.1 Å². The summed E-state index contributed by atoms with van der Waals surface area (Å²) in [4.78, 5) is 10.6. The number of carboxylic acids is 1. The van der Waals surface area contributed by atoms with Crippen molar-refractivity contribution in [1.29, 1.82) is 0 Å². The Morgan fingerprint density at radius 3 is 2.91 bits per heavy atom. The van der Waals surface area contributed by atoms with Gasteiger partial charge < -0.3 is 5.11 Å². The highest BCUT2D eigenvalue weighted by Gasteiger charge is 2.13. The summed E-state index contributed by atoms with van der Waals surface area (Å²) in [6, 6.07) is 0. The van der Waals surface area contributed by atoms with E-state index in [1.165, 1.54) is 12.8 Å². The van der Waals surface area contributed by atoms with Gasteiger partial charge in [0, 0.05) is 0 Å². The topological polar surface area (TPSA) is 37.3 Å². The molecule has 0 spiro atoms. The Hall–Kier alpha value is -0.790. The minimum atomic E-state index is -0.678. The molecule has 0 aromatic heterocycles. The molecule has 0 saturated heterocycles. The molecule has 1 atom stereocenters. The van der Waals surface area contributed by atoms with Crippen LogP contribution in [0.3, 0.4) is 0 Å². The van der Waals surface area contributed by atoms with Crippen LogP contribution in [-0.4, -0.2) is 11.1 Å². The third-order valence-electron chi connectivity index (χ3n) is 2.07. The number of rotatable bonds is 1. The van der Waals surface area contributed by atoms with Crippen molar-refractivity contribution in [3.63, 3.8) is 0 Å². The Morgan fingerprint density at radius 1 is 1.36 bits per heavy atom. The standard InChI is InChI=1S/C9H14O2/c10-9(11)8-6-4-2-1-3-5-7-8/h4,6,8H,1-3,5,7H2,(H,10,11)/b6-4+. The Kier molecular flexibility index (Phi) is 3.14. The largest absolute Gasteiger partial charge is 0.481 e. The lowest BCUT2D eigenvalue weighted by molar-refractivity contribution is -0.140. The molecule has 2 nitrogen and oxygen atoms in total. The fourth-order valence-electron chi connectivity index (χ4n) is 1.37. The van der Waals surface area contributed by atoms with Gasteiger partial charge in [0.05, 0.1) is 5.92 Å². The summed E-state index contributed by atoms with van der Waals surface area (Å²) >= 11 is 0. The fraction of sp³-hybridized carbons (Fsp3) is 0.667. The normalized spacial score (nSPS) is 28.5. The maximum Gasteiger partial charge on any atom is 0.310 e. The van der Waals surface area contributed by atoms with Crippen molar-refractivity contribution in [2.75, 3.05) is 0 Å². The van der Waals surface area contributed by atoms with Crippen LogP contribution in [0.5, 0.6) is 0 Å². The molecule has 1 rings (SSSR count). The molecule has 0 bridgehead atoms. The first kappa shape index (κ1) is 8.31. The zero-order valence-corrected chi connectivity index (χ0v) is 6.62. The molecule has 0 fully saturated rings. The van der Waals surface area contributed by atoms with E-state index in [1.807, 2.05) is 12.2 Å². The van der Waals surface area contributed by atoms with Crippen LogP contribution < -0.4 is 0 Å². The van der Waals surface area contributed by atoms with Gasteiger partial charge in [-0.3, -0.25) is 4.79 Å². The molecule has 1 N–H and O–H groups in total. The first-order chi connectivity index (χ1) is 5.30. The van der Waals surface area contributed by atoms with Gasteiger partial charge in [0.2, 0.25) is 0 Å². The zero-order valence-electron chi connectivity index (χ0n) is 6.62. The maximum absolute atomic E-state index is 10.6. The van der Waals surface area contributed by atoms with E-state index in [9.17, 15) is 4.79 Å². The average Bonchev–Trinajstić information content (AvgIpc) is 1.84. The van der Waals surface area contributed by atoms with Crippen molar-refractivity contribution in [2.45, 2.75) is 32.1 Å². The highest BCUT2D eigenvalue weighted by Crippen LogP contribution is 2.16. The Balaban J connectivity index is 2.48.